The van der Waals surface area contributed by atoms with E-state index in [0.717, 1.165) is 13.8 Å². The Morgan fingerprint density at radius 3 is 2.06 bits per heavy atom. The summed E-state index contributed by atoms with van der Waals surface area (Å²) >= 11 is 0. The van der Waals surface area contributed by atoms with E-state index in [1.807, 2.05) is 0 Å². The summed E-state index contributed by atoms with van der Waals surface area (Å²) < 4.78 is 14.4. The number of carbonyl (C=O) groups is 2. The number of rotatable bonds is 3. The van der Waals surface area contributed by atoms with Crippen LogP contribution in [0.25, 0.3) is 0 Å². The highest BCUT2D eigenvalue weighted by molar-refractivity contribution is 5.67. The Labute approximate surface area is 103 Å². The maximum Gasteiger partial charge on any atom is 0.303 e. The largest absolute Gasteiger partial charge is 0.455 e. The normalized spacial score (nSPS) is 35.9. The monoisotopic (exact) mass is 264 g/mol. The molecular formula is C10H16O8. The number of hydrogen-bond acceptors (Lipinski definition) is 8. The quantitative estimate of drug-likeness (QED) is 0.496. The zero-order chi connectivity index (χ0) is 13.9. The number of esters is 2. The van der Waals surface area contributed by atoms with Crippen LogP contribution in [0.3, 0.4) is 0 Å². The average molecular weight is 264 g/mol. The summed E-state index contributed by atoms with van der Waals surface area (Å²) in [6.07, 6.45) is -6.78. The van der Waals surface area contributed by atoms with E-state index in [1.165, 1.54) is 0 Å². The van der Waals surface area contributed by atoms with Crippen LogP contribution < -0.4 is 0 Å². The Bertz CT molecular complexity index is 317. The fourth-order valence-corrected chi connectivity index (χ4v) is 1.70. The molecule has 0 aromatic rings. The van der Waals surface area contributed by atoms with Crippen molar-refractivity contribution in [2.75, 3.05) is 6.61 Å². The van der Waals surface area contributed by atoms with E-state index < -0.39 is 49.3 Å². The van der Waals surface area contributed by atoms with E-state index in [2.05, 4.69) is 0 Å². The van der Waals surface area contributed by atoms with Gasteiger partial charge in [0.05, 0.1) is 6.61 Å². The van der Waals surface area contributed by atoms with Gasteiger partial charge in [0.2, 0.25) is 0 Å². The van der Waals surface area contributed by atoms with Gasteiger partial charge in [-0.25, -0.2) is 0 Å². The van der Waals surface area contributed by atoms with Gasteiger partial charge >= 0.3 is 11.9 Å². The highest BCUT2D eigenvalue weighted by Gasteiger charge is 2.48. The lowest BCUT2D eigenvalue weighted by molar-refractivity contribution is -0.293. The van der Waals surface area contributed by atoms with Gasteiger partial charge < -0.3 is 29.5 Å². The molecule has 1 aliphatic heterocycles. The fourth-order valence-electron chi connectivity index (χ4n) is 1.70. The van der Waals surface area contributed by atoms with Gasteiger partial charge in [-0.1, -0.05) is 0 Å². The van der Waals surface area contributed by atoms with E-state index in [4.69, 9.17) is 19.3 Å². The van der Waals surface area contributed by atoms with Gasteiger partial charge in [0.25, 0.3) is 0 Å². The zero-order valence-electron chi connectivity index (χ0n) is 9.98. The van der Waals surface area contributed by atoms with Crippen molar-refractivity contribution in [2.24, 2.45) is 0 Å². The zero-order valence-corrected chi connectivity index (χ0v) is 9.98. The number of ether oxygens (including phenoxy) is 3. The second kappa shape index (κ2) is 6.10. The molecule has 0 aliphatic carbocycles. The first kappa shape index (κ1) is 14.8. The van der Waals surface area contributed by atoms with E-state index >= 15 is 0 Å². The summed E-state index contributed by atoms with van der Waals surface area (Å²) in [7, 11) is 0. The third-order valence-corrected chi connectivity index (χ3v) is 2.42. The van der Waals surface area contributed by atoms with E-state index in [9.17, 15) is 19.8 Å². The van der Waals surface area contributed by atoms with E-state index in [1.54, 1.807) is 0 Å². The van der Waals surface area contributed by atoms with Crippen molar-refractivity contribution in [1.29, 1.82) is 0 Å². The number of aliphatic hydroxyl groups excluding tert-OH is 3. The van der Waals surface area contributed by atoms with Crippen LogP contribution in [0.1, 0.15) is 13.8 Å². The first-order valence-electron chi connectivity index (χ1n) is 5.33. The minimum Gasteiger partial charge on any atom is -0.455 e. The minimum absolute atomic E-state index is 0.581. The van der Waals surface area contributed by atoms with Crippen LogP contribution in [-0.4, -0.2) is 64.6 Å². The standard InChI is InChI=1S/C10H16O8/c1-4(12)16-8-7(14)6(3-11)18-10(15)9(8)17-5(2)13/h6-11,14-15H,3H2,1-2H3/t6-,7+,8+,9-,10?/m1/s1. The molecule has 5 atom stereocenters. The van der Waals surface area contributed by atoms with Crippen LogP contribution in [0, 0.1) is 0 Å². The highest BCUT2D eigenvalue weighted by atomic mass is 16.7. The Balaban J connectivity index is 2.89. The van der Waals surface area contributed by atoms with Gasteiger partial charge in [-0.2, -0.15) is 0 Å². The van der Waals surface area contributed by atoms with Crippen LogP contribution in [0.4, 0.5) is 0 Å². The SMILES string of the molecule is CC(=O)O[C@H]1[C@@H](O)[C@@H](CO)OC(O)[C@@H]1OC(C)=O. The summed E-state index contributed by atoms with van der Waals surface area (Å²) in [6, 6.07) is 0. The maximum absolute atomic E-state index is 10.9. The number of carbonyl (C=O) groups excluding carboxylic acids is 2. The molecule has 8 nitrogen and oxygen atoms in total. The molecule has 0 amide bonds. The first-order valence-corrected chi connectivity index (χ1v) is 5.33. The minimum atomic E-state index is -1.60. The topological polar surface area (TPSA) is 123 Å². The maximum atomic E-state index is 10.9. The van der Waals surface area contributed by atoms with Gasteiger partial charge in [-0.3, -0.25) is 9.59 Å². The molecule has 0 spiro atoms. The number of aliphatic hydroxyl groups is 3. The predicted octanol–water partition coefficient (Wildman–Crippen LogP) is -2.08. The summed E-state index contributed by atoms with van der Waals surface area (Å²) in [4.78, 5) is 21.8. The molecule has 0 aromatic carbocycles. The Morgan fingerprint density at radius 2 is 1.61 bits per heavy atom. The lowest BCUT2D eigenvalue weighted by Crippen LogP contribution is -2.60. The molecule has 1 heterocycles. The highest BCUT2D eigenvalue weighted by Crippen LogP contribution is 2.24. The lowest BCUT2D eigenvalue weighted by Gasteiger charge is -2.40. The van der Waals surface area contributed by atoms with Crippen LogP contribution in [-0.2, 0) is 23.8 Å². The molecule has 1 aliphatic rings. The summed E-state index contributed by atoms with van der Waals surface area (Å²) in [5.41, 5.74) is 0. The lowest BCUT2D eigenvalue weighted by atomic mass is 9.99. The molecule has 0 aromatic heterocycles. The van der Waals surface area contributed by atoms with Crippen molar-refractivity contribution in [3.05, 3.63) is 0 Å². The molecule has 0 radical (unpaired) electrons. The second-order valence-corrected chi connectivity index (χ2v) is 3.89. The Hall–Kier alpha value is -1.22. The van der Waals surface area contributed by atoms with E-state index in [0.29, 0.717) is 0 Å². The summed E-state index contributed by atoms with van der Waals surface area (Å²) in [5, 5.41) is 28.4. The predicted molar refractivity (Wildman–Crippen MR) is 55.1 cm³/mol. The van der Waals surface area contributed by atoms with Gasteiger partial charge in [0, 0.05) is 13.8 Å². The van der Waals surface area contributed by atoms with Crippen molar-refractivity contribution in [1.82, 2.24) is 0 Å². The molecular weight excluding hydrogens is 248 g/mol. The van der Waals surface area contributed by atoms with Crippen molar-refractivity contribution in [3.63, 3.8) is 0 Å². The van der Waals surface area contributed by atoms with Crippen LogP contribution >= 0.6 is 0 Å². The Kier molecular flexibility index (Phi) is 5.03. The molecule has 18 heavy (non-hydrogen) atoms. The van der Waals surface area contributed by atoms with Gasteiger partial charge in [0.1, 0.15) is 12.2 Å². The average Bonchev–Trinajstić information content (AvgIpc) is 2.27. The molecule has 0 saturated carbocycles. The molecule has 3 N–H and O–H groups in total. The van der Waals surface area contributed by atoms with Gasteiger partial charge in [0.15, 0.2) is 18.5 Å². The van der Waals surface area contributed by atoms with Crippen molar-refractivity contribution in [2.45, 2.75) is 44.6 Å². The van der Waals surface area contributed by atoms with Crippen molar-refractivity contribution in [3.8, 4) is 0 Å². The molecule has 1 rings (SSSR count). The summed E-state index contributed by atoms with van der Waals surface area (Å²) in [6.45, 7) is 1.62. The molecule has 1 saturated heterocycles. The van der Waals surface area contributed by atoms with Gasteiger partial charge in [-0.05, 0) is 0 Å². The third kappa shape index (κ3) is 3.39. The van der Waals surface area contributed by atoms with Crippen LogP contribution in [0.2, 0.25) is 0 Å². The van der Waals surface area contributed by atoms with Crippen LogP contribution in [0.15, 0.2) is 0 Å². The van der Waals surface area contributed by atoms with E-state index in [-0.39, 0.29) is 0 Å². The molecule has 0 bridgehead atoms. The molecule has 1 fully saturated rings. The Morgan fingerprint density at radius 1 is 1.11 bits per heavy atom. The van der Waals surface area contributed by atoms with Crippen LogP contribution in [0.5, 0.6) is 0 Å². The fraction of sp³-hybridized carbons (Fsp3) is 0.800. The molecule has 1 unspecified atom stereocenters. The van der Waals surface area contributed by atoms with Crippen molar-refractivity contribution < 1.29 is 39.1 Å². The summed E-state index contributed by atoms with van der Waals surface area (Å²) in [5.74, 6) is -1.45. The first-order chi connectivity index (χ1) is 8.36. The molecule has 8 heteroatoms. The molecule has 104 valence electrons. The van der Waals surface area contributed by atoms with Crippen molar-refractivity contribution >= 4 is 11.9 Å². The number of hydrogen-bond donors (Lipinski definition) is 3. The second-order valence-electron chi connectivity index (χ2n) is 3.89. The van der Waals surface area contributed by atoms with Gasteiger partial charge in [-0.15, -0.1) is 0 Å². The smallest absolute Gasteiger partial charge is 0.303 e. The third-order valence-electron chi connectivity index (χ3n) is 2.42.